The summed E-state index contributed by atoms with van der Waals surface area (Å²) in [5, 5.41) is 0. The molecule has 1 amide bonds. The fourth-order valence-electron chi connectivity index (χ4n) is 2.59. The fraction of sp³-hybridized carbons (Fsp3) is 0.550. The van der Waals surface area contributed by atoms with Crippen LogP contribution >= 0.6 is 0 Å². The summed E-state index contributed by atoms with van der Waals surface area (Å²) < 4.78 is 0. The molecule has 0 aliphatic rings. The average molecular weight is 301 g/mol. The lowest BCUT2D eigenvalue weighted by atomic mass is 9.95. The van der Waals surface area contributed by atoms with Crippen molar-refractivity contribution in [2.24, 2.45) is 11.8 Å². The maximum Gasteiger partial charge on any atom is 0.225 e. The minimum Gasteiger partial charge on any atom is -0.349 e. The summed E-state index contributed by atoms with van der Waals surface area (Å²) in [6.45, 7) is 8.60. The third-order valence-electron chi connectivity index (χ3n) is 4.21. The van der Waals surface area contributed by atoms with Crippen LogP contribution in [0.2, 0.25) is 0 Å². The molecule has 1 aromatic carbocycles. The largest absolute Gasteiger partial charge is 0.349 e. The van der Waals surface area contributed by atoms with E-state index in [-0.39, 0.29) is 11.8 Å². The van der Waals surface area contributed by atoms with Crippen LogP contribution in [0.1, 0.15) is 43.4 Å². The van der Waals surface area contributed by atoms with E-state index < -0.39 is 0 Å². The molecule has 2 nitrogen and oxygen atoms in total. The quantitative estimate of drug-likeness (QED) is 0.677. The number of carbonyl (C=O) groups is 1. The Kier molecular flexibility index (Phi) is 7.37. The number of benzene rings is 1. The molecule has 0 bridgehead atoms. The average Bonchev–Trinajstić information content (AvgIpc) is 2.46. The van der Waals surface area contributed by atoms with Gasteiger partial charge in [0.2, 0.25) is 5.91 Å². The van der Waals surface area contributed by atoms with Gasteiger partial charge in [-0.3, -0.25) is 4.79 Å². The molecule has 0 saturated heterocycles. The molecule has 0 fully saturated rings. The Morgan fingerprint density at radius 3 is 2.32 bits per heavy atom. The van der Waals surface area contributed by atoms with Crippen molar-refractivity contribution in [3.8, 4) is 0 Å². The highest BCUT2D eigenvalue weighted by atomic mass is 16.2. The van der Waals surface area contributed by atoms with Crippen LogP contribution in [0.4, 0.5) is 0 Å². The van der Waals surface area contributed by atoms with Gasteiger partial charge in [0, 0.05) is 20.0 Å². The zero-order valence-corrected chi connectivity index (χ0v) is 15.0. The van der Waals surface area contributed by atoms with Crippen LogP contribution in [0.25, 0.3) is 0 Å². The van der Waals surface area contributed by atoms with E-state index in [2.05, 4.69) is 51.1 Å². The van der Waals surface area contributed by atoms with Crippen molar-refractivity contribution in [3.63, 3.8) is 0 Å². The summed E-state index contributed by atoms with van der Waals surface area (Å²) in [5.41, 5.74) is 4.15. The van der Waals surface area contributed by atoms with Gasteiger partial charge in [0.25, 0.3) is 0 Å². The van der Waals surface area contributed by atoms with Gasteiger partial charge < -0.3 is 4.90 Å². The van der Waals surface area contributed by atoms with E-state index in [1.165, 1.54) is 16.7 Å². The van der Waals surface area contributed by atoms with Crippen LogP contribution < -0.4 is 0 Å². The molecule has 0 radical (unpaired) electrons. The SMILES string of the molecule is Cc1ccc(CC(C)CC=CCC(C)C(=O)N(C)C)cc1C. The Labute approximate surface area is 136 Å². The molecule has 122 valence electrons. The van der Waals surface area contributed by atoms with Crippen molar-refractivity contribution in [1.29, 1.82) is 0 Å². The first kappa shape index (κ1) is 18.5. The number of allylic oxidation sites excluding steroid dienone is 2. The van der Waals surface area contributed by atoms with Gasteiger partial charge in [0.15, 0.2) is 0 Å². The van der Waals surface area contributed by atoms with E-state index in [1.807, 2.05) is 21.0 Å². The second kappa shape index (κ2) is 8.77. The zero-order valence-electron chi connectivity index (χ0n) is 15.0. The number of rotatable bonds is 7. The number of carbonyl (C=O) groups excluding carboxylic acids is 1. The second-order valence-corrected chi connectivity index (χ2v) is 6.80. The fourth-order valence-corrected chi connectivity index (χ4v) is 2.59. The van der Waals surface area contributed by atoms with E-state index in [9.17, 15) is 4.79 Å². The van der Waals surface area contributed by atoms with Gasteiger partial charge in [-0.15, -0.1) is 0 Å². The van der Waals surface area contributed by atoms with Crippen LogP contribution in [0, 0.1) is 25.7 Å². The molecule has 0 aliphatic heterocycles. The summed E-state index contributed by atoms with van der Waals surface area (Å²) in [6.07, 6.45) is 7.38. The number of hydrogen-bond donors (Lipinski definition) is 0. The number of hydrogen-bond acceptors (Lipinski definition) is 1. The van der Waals surface area contributed by atoms with Crippen molar-refractivity contribution < 1.29 is 4.79 Å². The smallest absolute Gasteiger partial charge is 0.225 e. The highest BCUT2D eigenvalue weighted by Crippen LogP contribution is 2.16. The molecule has 2 atom stereocenters. The molecular formula is C20H31NO. The Morgan fingerprint density at radius 1 is 1.09 bits per heavy atom. The standard InChI is InChI=1S/C20H31NO/c1-15(13-19-12-11-16(2)18(4)14-19)9-7-8-10-17(3)20(22)21(5)6/h7-8,11-12,14-15,17H,9-10,13H2,1-6H3. The predicted molar refractivity (Wildman–Crippen MR) is 95.0 cm³/mol. The Bertz CT molecular complexity index is 516. The first-order valence-electron chi connectivity index (χ1n) is 8.23. The summed E-state index contributed by atoms with van der Waals surface area (Å²) in [6, 6.07) is 6.75. The summed E-state index contributed by atoms with van der Waals surface area (Å²) in [5.74, 6) is 0.896. The summed E-state index contributed by atoms with van der Waals surface area (Å²) in [7, 11) is 3.63. The molecule has 0 N–H and O–H groups in total. The van der Waals surface area contributed by atoms with Gasteiger partial charge >= 0.3 is 0 Å². The third-order valence-corrected chi connectivity index (χ3v) is 4.21. The molecule has 0 heterocycles. The zero-order chi connectivity index (χ0) is 16.7. The van der Waals surface area contributed by atoms with E-state index in [0.717, 1.165) is 19.3 Å². The Hall–Kier alpha value is -1.57. The van der Waals surface area contributed by atoms with Crippen LogP contribution in [0.3, 0.4) is 0 Å². The van der Waals surface area contributed by atoms with Crippen LogP contribution in [0.5, 0.6) is 0 Å². The highest BCUT2D eigenvalue weighted by Gasteiger charge is 2.12. The van der Waals surface area contributed by atoms with Gasteiger partial charge in [-0.2, -0.15) is 0 Å². The molecule has 0 spiro atoms. The van der Waals surface area contributed by atoms with Crippen molar-refractivity contribution in [1.82, 2.24) is 4.90 Å². The summed E-state index contributed by atoms with van der Waals surface area (Å²) >= 11 is 0. The number of aryl methyl sites for hydroxylation is 2. The van der Waals surface area contributed by atoms with Gasteiger partial charge in [-0.05, 0) is 55.7 Å². The van der Waals surface area contributed by atoms with Crippen molar-refractivity contribution in [2.75, 3.05) is 14.1 Å². The molecule has 0 aliphatic carbocycles. The lowest BCUT2D eigenvalue weighted by Crippen LogP contribution is -2.27. The first-order valence-corrected chi connectivity index (χ1v) is 8.23. The molecule has 22 heavy (non-hydrogen) atoms. The lowest BCUT2D eigenvalue weighted by molar-refractivity contribution is -0.132. The monoisotopic (exact) mass is 301 g/mol. The van der Waals surface area contributed by atoms with Crippen molar-refractivity contribution in [2.45, 2.75) is 47.0 Å². The summed E-state index contributed by atoms with van der Waals surface area (Å²) in [4.78, 5) is 13.4. The van der Waals surface area contributed by atoms with Crippen molar-refractivity contribution >= 4 is 5.91 Å². The van der Waals surface area contributed by atoms with E-state index in [0.29, 0.717) is 5.92 Å². The van der Waals surface area contributed by atoms with E-state index in [4.69, 9.17) is 0 Å². The molecule has 1 aromatic rings. The minimum atomic E-state index is 0.0707. The van der Waals surface area contributed by atoms with Gasteiger partial charge in [-0.1, -0.05) is 44.2 Å². The highest BCUT2D eigenvalue weighted by molar-refractivity contribution is 5.78. The van der Waals surface area contributed by atoms with Crippen LogP contribution in [0.15, 0.2) is 30.4 Å². The molecule has 0 saturated carbocycles. The molecule has 2 heteroatoms. The number of amides is 1. The lowest BCUT2D eigenvalue weighted by Gasteiger charge is -2.15. The third kappa shape index (κ3) is 6.05. The maximum absolute atomic E-state index is 11.8. The van der Waals surface area contributed by atoms with E-state index in [1.54, 1.807) is 4.90 Å². The maximum atomic E-state index is 11.8. The van der Waals surface area contributed by atoms with Crippen LogP contribution in [-0.2, 0) is 11.2 Å². The topological polar surface area (TPSA) is 20.3 Å². The molecular weight excluding hydrogens is 270 g/mol. The van der Waals surface area contributed by atoms with Crippen LogP contribution in [-0.4, -0.2) is 24.9 Å². The van der Waals surface area contributed by atoms with Crippen molar-refractivity contribution in [3.05, 3.63) is 47.0 Å². The predicted octanol–water partition coefficient (Wildman–Crippen LogP) is 4.54. The Morgan fingerprint density at radius 2 is 1.73 bits per heavy atom. The number of nitrogens with zero attached hydrogens (tertiary/aromatic N) is 1. The van der Waals surface area contributed by atoms with E-state index >= 15 is 0 Å². The van der Waals surface area contributed by atoms with Gasteiger partial charge in [0.05, 0.1) is 0 Å². The minimum absolute atomic E-state index is 0.0707. The molecule has 2 unspecified atom stereocenters. The van der Waals surface area contributed by atoms with Gasteiger partial charge in [-0.25, -0.2) is 0 Å². The molecule has 0 aromatic heterocycles. The second-order valence-electron chi connectivity index (χ2n) is 6.80. The normalized spacial score (nSPS) is 14.1. The first-order chi connectivity index (χ1) is 10.3. The molecule has 1 rings (SSSR count). The Balaban J connectivity index is 2.39. The van der Waals surface area contributed by atoms with Gasteiger partial charge in [0.1, 0.15) is 0 Å².